The summed E-state index contributed by atoms with van der Waals surface area (Å²) in [4.78, 5) is 63.6. The summed E-state index contributed by atoms with van der Waals surface area (Å²) in [5.41, 5.74) is 0.351. The van der Waals surface area contributed by atoms with Gasteiger partial charge >= 0.3 is 5.97 Å². The van der Waals surface area contributed by atoms with Crippen molar-refractivity contribution in [3.8, 4) is 0 Å². The Balaban J connectivity index is 1.30. The summed E-state index contributed by atoms with van der Waals surface area (Å²) in [6.07, 6.45) is 4.36. The van der Waals surface area contributed by atoms with Gasteiger partial charge in [-0.15, -0.1) is 0 Å². The third-order valence-corrected chi connectivity index (χ3v) is 12.3. The molecule has 0 radical (unpaired) electrons. The number of anilines is 1. The van der Waals surface area contributed by atoms with Gasteiger partial charge in [0.05, 0.1) is 24.6 Å². The minimum absolute atomic E-state index is 0.127. The standard InChI is InChI=1S/C44H42BrN3O7/c1-27-38(30-17-8-4-9-18-30)54-43(53)36-37-41(51)48(34(26-49)29-15-6-3-7-16-29)40(44(37)25-33(45)39(36)55-44)42(52)47(23-13-5-10-20-35(50)46(27)2)32-22-21-28-14-11-12-19-31(28)24-32/h3-9,11-19,21-22,24-25,27,34,36-40,49H,10,20,23,26H2,1-2H3/b13-5-/t27-,34-,36+,37-,38+,39+,40+,44-/m1/s1. The first-order valence-corrected chi connectivity index (χ1v) is 19.4. The van der Waals surface area contributed by atoms with Gasteiger partial charge in [0.25, 0.3) is 5.91 Å². The second kappa shape index (κ2) is 14.9. The molecular weight excluding hydrogens is 762 g/mol. The number of amides is 3. The van der Waals surface area contributed by atoms with Gasteiger partial charge in [-0.2, -0.15) is 0 Å². The Labute approximate surface area is 328 Å². The molecule has 10 nitrogen and oxygen atoms in total. The number of hydrogen-bond acceptors (Lipinski definition) is 7. The zero-order chi connectivity index (χ0) is 38.4. The summed E-state index contributed by atoms with van der Waals surface area (Å²) in [6, 6.07) is 29.2. The topological polar surface area (TPSA) is 117 Å². The number of ether oxygens (including phenoxy) is 2. The lowest BCUT2D eigenvalue weighted by Crippen LogP contribution is -2.57. The van der Waals surface area contributed by atoms with E-state index >= 15 is 9.59 Å². The van der Waals surface area contributed by atoms with Crippen LogP contribution in [0.4, 0.5) is 5.69 Å². The first kappa shape index (κ1) is 36.9. The number of likely N-dealkylation sites (N-methyl/N-ethyl adjacent to an activating group) is 1. The zero-order valence-corrected chi connectivity index (χ0v) is 32.1. The lowest BCUT2D eigenvalue weighted by atomic mass is 9.74. The molecule has 4 aliphatic heterocycles. The summed E-state index contributed by atoms with van der Waals surface area (Å²) in [6.45, 7) is 1.49. The summed E-state index contributed by atoms with van der Waals surface area (Å²) in [7, 11) is 1.70. The number of halogens is 1. The Morgan fingerprint density at radius 2 is 1.55 bits per heavy atom. The quantitative estimate of drug-likeness (QED) is 0.187. The predicted octanol–water partition coefficient (Wildman–Crippen LogP) is 6.26. The third-order valence-electron chi connectivity index (χ3n) is 11.7. The van der Waals surface area contributed by atoms with E-state index in [2.05, 4.69) is 15.9 Å². The summed E-state index contributed by atoms with van der Waals surface area (Å²) in [5.74, 6) is -4.02. The summed E-state index contributed by atoms with van der Waals surface area (Å²) < 4.78 is 13.7. The molecule has 0 saturated carbocycles. The fourth-order valence-corrected chi connectivity index (χ4v) is 9.52. The summed E-state index contributed by atoms with van der Waals surface area (Å²) in [5, 5.41) is 12.9. The third kappa shape index (κ3) is 6.28. The molecule has 0 aliphatic carbocycles. The molecule has 8 rings (SSSR count). The molecule has 4 aliphatic rings. The molecule has 0 unspecified atom stereocenters. The molecule has 1 N–H and O–H groups in total. The molecule has 4 aromatic rings. The molecule has 8 atom stereocenters. The Bertz CT molecular complexity index is 2200. The number of rotatable bonds is 5. The normalized spacial score (nSPS) is 29.7. The molecular formula is C44H42BrN3O7. The second-order valence-electron chi connectivity index (χ2n) is 14.7. The predicted molar refractivity (Wildman–Crippen MR) is 211 cm³/mol. The molecule has 3 amide bonds. The van der Waals surface area contributed by atoms with Gasteiger partial charge in [0.15, 0.2) is 0 Å². The molecule has 55 heavy (non-hydrogen) atoms. The highest BCUT2D eigenvalue weighted by Gasteiger charge is 2.75. The van der Waals surface area contributed by atoms with Gasteiger partial charge < -0.3 is 29.3 Å². The molecule has 0 aromatic heterocycles. The SMILES string of the molecule is C[C@@H]1[C@@H](c2ccccc2)OC(=O)[C@@H]2[C@H]3O[C@@]4(C=C3Br)[C@H](C(=O)N(c3ccc5ccccc5c3)C/C=C\CCC(=O)N1C)N([C@H](CO)c1ccccc1)C(=O)[C@@H]24. The molecule has 5 bridgehead atoms. The lowest BCUT2D eigenvalue weighted by Gasteiger charge is -2.39. The van der Waals surface area contributed by atoms with Crippen LogP contribution < -0.4 is 4.90 Å². The number of cyclic esters (lactones) is 1. The highest BCUT2D eigenvalue weighted by Crippen LogP contribution is 2.60. The van der Waals surface area contributed by atoms with Gasteiger partial charge in [0.1, 0.15) is 29.8 Å². The first-order valence-electron chi connectivity index (χ1n) is 18.6. The van der Waals surface area contributed by atoms with Crippen LogP contribution in [0.2, 0.25) is 0 Å². The van der Waals surface area contributed by atoms with E-state index in [0.29, 0.717) is 27.7 Å². The number of carbonyl (C=O) groups excluding carboxylic acids is 4. The highest BCUT2D eigenvalue weighted by molar-refractivity contribution is 9.11. The van der Waals surface area contributed by atoms with Crippen LogP contribution in [0.1, 0.15) is 43.0 Å². The van der Waals surface area contributed by atoms with E-state index in [1.54, 1.807) is 22.9 Å². The van der Waals surface area contributed by atoms with Gasteiger partial charge in [0.2, 0.25) is 11.8 Å². The van der Waals surface area contributed by atoms with E-state index < -0.39 is 72.2 Å². The monoisotopic (exact) mass is 803 g/mol. The van der Waals surface area contributed by atoms with Crippen LogP contribution in [-0.2, 0) is 28.7 Å². The Hall–Kier alpha value is -5.10. The van der Waals surface area contributed by atoms with Gasteiger partial charge in [-0.1, -0.05) is 119 Å². The minimum Gasteiger partial charge on any atom is -0.455 e. The largest absolute Gasteiger partial charge is 0.455 e. The lowest BCUT2D eigenvalue weighted by molar-refractivity contribution is -0.164. The second-order valence-corrected chi connectivity index (χ2v) is 15.6. The van der Waals surface area contributed by atoms with Gasteiger partial charge in [-0.3, -0.25) is 19.2 Å². The minimum atomic E-state index is -1.57. The van der Waals surface area contributed by atoms with Crippen molar-refractivity contribution >= 4 is 56.1 Å². The Morgan fingerprint density at radius 3 is 2.27 bits per heavy atom. The van der Waals surface area contributed by atoms with Crippen molar-refractivity contribution in [2.45, 2.75) is 55.7 Å². The van der Waals surface area contributed by atoms with Crippen molar-refractivity contribution in [3.05, 3.63) is 137 Å². The number of aliphatic hydroxyl groups is 1. The van der Waals surface area contributed by atoms with Crippen molar-refractivity contribution in [3.63, 3.8) is 0 Å². The maximum absolute atomic E-state index is 15.5. The number of nitrogens with zero attached hydrogens (tertiary/aromatic N) is 3. The van der Waals surface area contributed by atoms with E-state index in [0.717, 1.165) is 10.8 Å². The maximum Gasteiger partial charge on any atom is 0.313 e. The number of esters is 1. The Kier molecular flexibility index (Phi) is 9.96. The maximum atomic E-state index is 15.5. The van der Waals surface area contributed by atoms with Crippen molar-refractivity contribution in [2.24, 2.45) is 11.8 Å². The van der Waals surface area contributed by atoms with Crippen molar-refractivity contribution in [2.75, 3.05) is 25.1 Å². The van der Waals surface area contributed by atoms with Crippen LogP contribution in [0.5, 0.6) is 0 Å². The van der Waals surface area contributed by atoms with Crippen molar-refractivity contribution in [1.29, 1.82) is 0 Å². The molecule has 4 heterocycles. The van der Waals surface area contributed by atoms with Crippen LogP contribution in [0.3, 0.4) is 0 Å². The van der Waals surface area contributed by atoms with Gasteiger partial charge in [-0.05, 0) is 53.5 Å². The van der Waals surface area contributed by atoms with E-state index in [1.807, 2.05) is 122 Å². The summed E-state index contributed by atoms with van der Waals surface area (Å²) >= 11 is 3.65. The van der Waals surface area contributed by atoms with E-state index in [9.17, 15) is 14.7 Å². The highest BCUT2D eigenvalue weighted by atomic mass is 79.9. The number of benzene rings is 4. The fraction of sp³-hybridized carbons (Fsp3) is 0.318. The average molecular weight is 805 g/mol. The van der Waals surface area contributed by atoms with E-state index in [4.69, 9.17) is 9.47 Å². The molecule has 1 spiro atoms. The van der Waals surface area contributed by atoms with Crippen LogP contribution in [0, 0.1) is 11.8 Å². The van der Waals surface area contributed by atoms with E-state index in [1.165, 1.54) is 4.90 Å². The zero-order valence-electron chi connectivity index (χ0n) is 30.5. The number of aliphatic hydroxyl groups excluding tert-OH is 1. The van der Waals surface area contributed by atoms with Gasteiger partial charge in [0, 0.05) is 30.2 Å². The average Bonchev–Trinajstić information content (AvgIpc) is 3.81. The smallest absolute Gasteiger partial charge is 0.313 e. The van der Waals surface area contributed by atoms with Crippen LogP contribution in [0.25, 0.3) is 10.8 Å². The number of allylic oxidation sites excluding steroid dienone is 1. The number of carbonyl (C=O) groups is 4. The van der Waals surface area contributed by atoms with Crippen LogP contribution in [-0.4, -0.2) is 82.6 Å². The first-order chi connectivity index (χ1) is 26.6. The Morgan fingerprint density at radius 1 is 0.855 bits per heavy atom. The molecule has 4 aromatic carbocycles. The molecule has 282 valence electrons. The van der Waals surface area contributed by atoms with Crippen molar-refractivity contribution < 1.29 is 33.8 Å². The van der Waals surface area contributed by atoms with Gasteiger partial charge in [-0.25, -0.2) is 0 Å². The molecule has 2 saturated heterocycles. The molecule has 2 fully saturated rings. The van der Waals surface area contributed by atoms with Crippen LogP contribution >= 0.6 is 15.9 Å². The molecule has 11 heteroatoms. The fourth-order valence-electron chi connectivity index (χ4n) is 8.79. The number of fused-ring (bicyclic) bond motifs is 3. The van der Waals surface area contributed by atoms with E-state index in [-0.39, 0.29) is 18.9 Å². The van der Waals surface area contributed by atoms with Crippen LogP contribution in [0.15, 0.2) is 126 Å². The number of likely N-dealkylation sites (tertiary alicyclic amines) is 1. The number of hydrogen-bond donors (Lipinski definition) is 1. The van der Waals surface area contributed by atoms with Crippen molar-refractivity contribution in [1.82, 2.24) is 9.80 Å².